The Balaban J connectivity index is 1.13. The third kappa shape index (κ3) is 8.83. The third-order valence-corrected chi connectivity index (χ3v) is 4.90. The highest BCUT2D eigenvalue weighted by Crippen LogP contribution is 2.16. The zero-order valence-electron chi connectivity index (χ0n) is 19.3. The van der Waals surface area contributed by atoms with Gasteiger partial charge in [0.05, 0.1) is 62.4 Å². The van der Waals surface area contributed by atoms with Crippen LogP contribution >= 0.6 is 0 Å². The molecule has 0 saturated heterocycles. The molecule has 0 aliphatic carbocycles. The van der Waals surface area contributed by atoms with Gasteiger partial charge in [0.1, 0.15) is 13.2 Å². The van der Waals surface area contributed by atoms with Crippen LogP contribution in [0.2, 0.25) is 0 Å². The van der Waals surface area contributed by atoms with E-state index in [2.05, 4.69) is 0 Å². The molecular formula is C27H27NO7. The van der Waals surface area contributed by atoms with Crippen LogP contribution in [0.3, 0.4) is 0 Å². The molecule has 0 radical (unpaired) electrons. The second-order valence-electron chi connectivity index (χ2n) is 7.36. The second kappa shape index (κ2) is 14.5. The number of hydrogen-bond acceptors (Lipinski definition) is 8. The van der Waals surface area contributed by atoms with Crippen molar-refractivity contribution in [1.82, 2.24) is 0 Å². The van der Waals surface area contributed by atoms with Crippen molar-refractivity contribution < 1.29 is 33.3 Å². The predicted octanol–water partition coefficient (Wildman–Crippen LogP) is 3.78. The lowest BCUT2D eigenvalue weighted by atomic mass is 10.1. The molecule has 0 bridgehead atoms. The lowest BCUT2D eigenvalue weighted by Crippen LogP contribution is -2.15. The van der Waals surface area contributed by atoms with E-state index in [4.69, 9.17) is 28.9 Å². The standard InChI is InChI=1S/C27H27NO7/c28-20-21-5-7-23(8-6-21)26(29)34-17-15-32-13-11-31-12-14-33-16-18-35-27(30)25-10-9-22-3-1-2-4-24(22)19-25/h1-10,19H,11-18H2. The monoisotopic (exact) mass is 477 g/mol. The van der Waals surface area contributed by atoms with Gasteiger partial charge in [-0.05, 0) is 47.2 Å². The SMILES string of the molecule is N#Cc1ccc(C(=O)OCCOCCOCCOCCOC(=O)c2ccc3ccccc3c2)cc1. The Bertz CT molecular complexity index is 1140. The topological polar surface area (TPSA) is 104 Å². The first kappa shape index (κ1) is 25.8. The smallest absolute Gasteiger partial charge is 0.338 e. The zero-order chi connectivity index (χ0) is 24.7. The van der Waals surface area contributed by atoms with E-state index in [1.807, 2.05) is 42.5 Å². The van der Waals surface area contributed by atoms with Crippen LogP contribution < -0.4 is 0 Å². The summed E-state index contributed by atoms with van der Waals surface area (Å²) in [5.74, 6) is -0.843. The van der Waals surface area contributed by atoms with E-state index in [1.54, 1.807) is 30.3 Å². The molecule has 3 aromatic rings. The summed E-state index contributed by atoms with van der Waals surface area (Å²) in [5.41, 5.74) is 1.38. The maximum atomic E-state index is 12.1. The van der Waals surface area contributed by atoms with Gasteiger partial charge in [-0.15, -0.1) is 0 Å². The molecule has 35 heavy (non-hydrogen) atoms. The van der Waals surface area contributed by atoms with Gasteiger partial charge in [-0.3, -0.25) is 0 Å². The quantitative estimate of drug-likeness (QED) is 0.255. The largest absolute Gasteiger partial charge is 0.460 e. The summed E-state index contributed by atoms with van der Waals surface area (Å²) in [6, 6.07) is 21.5. The number of nitriles is 1. The minimum Gasteiger partial charge on any atom is -0.460 e. The minimum absolute atomic E-state index is 0.125. The molecule has 0 N–H and O–H groups in total. The summed E-state index contributed by atoms with van der Waals surface area (Å²) >= 11 is 0. The van der Waals surface area contributed by atoms with Crippen LogP contribution in [0.4, 0.5) is 0 Å². The molecule has 8 heteroatoms. The zero-order valence-corrected chi connectivity index (χ0v) is 19.3. The fourth-order valence-corrected chi connectivity index (χ4v) is 3.09. The van der Waals surface area contributed by atoms with Crippen molar-refractivity contribution in [3.05, 3.63) is 83.4 Å². The summed E-state index contributed by atoms with van der Waals surface area (Å²) in [5, 5.41) is 10.8. The molecule has 0 aliphatic rings. The molecule has 0 fully saturated rings. The summed E-state index contributed by atoms with van der Waals surface area (Å²) in [4.78, 5) is 24.0. The van der Waals surface area contributed by atoms with E-state index >= 15 is 0 Å². The molecule has 8 nitrogen and oxygen atoms in total. The molecule has 3 rings (SSSR count). The van der Waals surface area contributed by atoms with E-state index in [0.717, 1.165) is 10.8 Å². The van der Waals surface area contributed by atoms with Crippen molar-refractivity contribution in [2.45, 2.75) is 0 Å². The van der Waals surface area contributed by atoms with Gasteiger partial charge in [-0.2, -0.15) is 5.26 Å². The van der Waals surface area contributed by atoms with Crippen molar-refractivity contribution in [1.29, 1.82) is 5.26 Å². The number of ether oxygens (including phenoxy) is 5. The van der Waals surface area contributed by atoms with Crippen molar-refractivity contribution in [2.75, 3.05) is 52.9 Å². The molecule has 3 aromatic carbocycles. The number of fused-ring (bicyclic) bond motifs is 1. The van der Waals surface area contributed by atoms with Crippen LogP contribution in [0.1, 0.15) is 26.3 Å². The third-order valence-electron chi connectivity index (χ3n) is 4.90. The van der Waals surface area contributed by atoms with Crippen LogP contribution in [0.25, 0.3) is 10.8 Å². The molecule has 0 heterocycles. The maximum absolute atomic E-state index is 12.1. The average molecular weight is 478 g/mol. The van der Waals surface area contributed by atoms with Crippen LogP contribution in [-0.2, 0) is 23.7 Å². The van der Waals surface area contributed by atoms with E-state index in [9.17, 15) is 9.59 Å². The number of carbonyl (C=O) groups excluding carboxylic acids is 2. The number of benzene rings is 3. The van der Waals surface area contributed by atoms with Crippen LogP contribution in [0.5, 0.6) is 0 Å². The fraction of sp³-hybridized carbons (Fsp3) is 0.296. The summed E-state index contributed by atoms with van der Waals surface area (Å²) < 4.78 is 26.5. The Kier molecular flexibility index (Phi) is 10.7. The number of carbonyl (C=O) groups is 2. The lowest BCUT2D eigenvalue weighted by molar-refractivity contribution is -0.00674. The van der Waals surface area contributed by atoms with E-state index < -0.39 is 5.97 Å². The maximum Gasteiger partial charge on any atom is 0.338 e. The summed E-state index contributed by atoms with van der Waals surface area (Å²) in [6.45, 7) is 2.32. The molecular weight excluding hydrogens is 450 g/mol. The summed E-state index contributed by atoms with van der Waals surface area (Å²) in [7, 11) is 0. The van der Waals surface area contributed by atoms with Gasteiger partial charge < -0.3 is 23.7 Å². The highest BCUT2D eigenvalue weighted by atomic mass is 16.6. The van der Waals surface area contributed by atoms with E-state index in [1.165, 1.54) is 0 Å². The van der Waals surface area contributed by atoms with Crippen molar-refractivity contribution in [2.24, 2.45) is 0 Å². The Hall–Kier alpha value is -3.77. The Morgan fingerprint density at radius 2 is 1.09 bits per heavy atom. The fourth-order valence-electron chi connectivity index (χ4n) is 3.09. The van der Waals surface area contributed by atoms with E-state index in [0.29, 0.717) is 43.1 Å². The van der Waals surface area contributed by atoms with Gasteiger partial charge in [0, 0.05) is 0 Å². The molecule has 182 valence electrons. The van der Waals surface area contributed by atoms with Crippen LogP contribution in [-0.4, -0.2) is 64.8 Å². The van der Waals surface area contributed by atoms with Crippen LogP contribution in [0.15, 0.2) is 66.7 Å². The highest BCUT2D eigenvalue weighted by molar-refractivity contribution is 5.95. The average Bonchev–Trinajstić information content (AvgIpc) is 2.90. The highest BCUT2D eigenvalue weighted by Gasteiger charge is 2.08. The number of nitrogens with zero attached hydrogens (tertiary/aromatic N) is 1. The van der Waals surface area contributed by atoms with Gasteiger partial charge in [-0.25, -0.2) is 9.59 Å². The van der Waals surface area contributed by atoms with E-state index in [-0.39, 0.29) is 32.4 Å². The lowest BCUT2D eigenvalue weighted by Gasteiger charge is -2.08. The number of hydrogen-bond donors (Lipinski definition) is 0. The van der Waals surface area contributed by atoms with Crippen molar-refractivity contribution in [3.63, 3.8) is 0 Å². The van der Waals surface area contributed by atoms with Gasteiger partial charge in [0.15, 0.2) is 0 Å². The minimum atomic E-state index is -0.463. The van der Waals surface area contributed by atoms with Gasteiger partial charge >= 0.3 is 11.9 Å². The Labute approximate surface area is 203 Å². The molecule has 0 atom stereocenters. The molecule has 0 aromatic heterocycles. The van der Waals surface area contributed by atoms with Gasteiger partial charge in [-0.1, -0.05) is 30.3 Å². The molecule has 0 saturated carbocycles. The van der Waals surface area contributed by atoms with Gasteiger partial charge in [0.25, 0.3) is 0 Å². The summed E-state index contributed by atoms with van der Waals surface area (Å²) in [6.07, 6.45) is 0. The Morgan fingerprint density at radius 3 is 1.66 bits per heavy atom. The molecule has 0 spiro atoms. The predicted molar refractivity (Wildman–Crippen MR) is 128 cm³/mol. The molecule has 0 unspecified atom stereocenters. The van der Waals surface area contributed by atoms with Crippen molar-refractivity contribution in [3.8, 4) is 6.07 Å². The first-order valence-electron chi connectivity index (χ1n) is 11.2. The van der Waals surface area contributed by atoms with Gasteiger partial charge in [0.2, 0.25) is 0 Å². The van der Waals surface area contributed by atoms with Crippen molar-refractivity contribution >= 4 is 22.7 Å². The number of esters is 2. The Morgan fingerprint density at radius 1 is 0.600 bits per heavy atom. The molecule has 0 amide bonds. The normalized spacial score (nSPS) is 10.6. The van der Waals surface area contributed by atoms with Crippen LogP contribution in [0, 0.1) is 11.3 Å². The molecule has 0 aliphatic heterocycles. The first-order chi connectivity index (χ1) is 17.2. The number of rotatable bonds is 14. The first-order valence-corrected chi connectivity index (χ1v) is 11.2. The second-order valence-corrected chi connectivity index (χ2v) is 7.36.